The predicted octanol–water partition coefficient (Wildman–Crippen LogP) is 3.66. The molecule has 11 heteroatoms. The van der Waals surface area contributed by atoms with Gasteiger partial charge in [0.25, 0.3) is 0 Å². The van der Waals surface area contributed by atoms with Crippen molar-refractivity contribution in [3.05, 3.63) is 29.6 Å². The smallest absolute Gasteiger partial charge is 0.236 e. The van der Waals surface area contributed by atoms with E-state index in [0.717, 1.165) is 20.9 Å². The lowest BCUT2D eigenvalue weighted by atomic mass is 10.3. The molecule has 3 aromatic heterocycles. The van der Waals surface area contributed by atoms with E-state index >= 15 is 0 Å². The fourth-order valence-electron chi connectivity index (χ4n) is 2.86. The molecular weight excluding hydrogens is 430 g/mol. The van der Waals surface area contributed by atoms with Gasteiger partial charge in [-0.2, -0.15) is 0 Å². The number of nitrogens with zero attached hydrogens (tertiary/aromatic N) is 4. The van der Waals surface area contributed by atoms with Crippen LogP contribution < -0.4 is 14.8 Å². The van der Waals surface area contributed by atoms with E-state index in [4.69, 9.17) is 9.47 Å². The van der Waals surface area contributed by atoms with Crippen LogP contribution in [0.3, 0.4) is 0 Å². The lowest BCUT2D eigenvalue weighted by molar-refractivity contribution is -0.113. The first-order chi connectivity index (χ1) is 14.2. The molecule has 0 unspecified atom stereocenters. The highest BCUT2D eigenvalue weighted by Gasteiger charge is 2.17. The van der Waals surface area contributed by atoms with Gasteiger partial charge in [-0.15, -0.1) is 21.5 Å². The molecule has 29 heavy (non-hydrogen) atoms. The third-order valence-corrected chi connectivity index (χ3v) is 7.03. The molecule has 1 aromatic carbocycles. The number of thioether (sulfide) groups is 1. The summed E-state index contributed by atoms with van der Waals surface area (Å²) in [6.45, 7) is 1.06. The van der Waals surface area contributed by atoms with Gasteiger partial charge in [0, 0.05) is 19.2 Å². The molecule has 148 valence electrons. The van der Waals surface area contributed by atoms with E-state index in [1.165, 1.54) is 23.1 Å². The van der Waals surface area contributed by atoms with Crippen molar-refractivity contribution in [1.82, 2.24) is 19.7 Å². The van der Waals surface area contributed by atoms with Crippen LogP contribution in [0.25, 0.3) is 20.9 Å². The molecule has 0 bridgehead atoms. The van der Waals surface area contributed by atoms with Crippen molar-refractivity contribution in [2.75, 3.05) is 24.3 Å². The average Bonchev–Trinajstić information content (AvgIpc) is 3.44. The van der Waals surface area contributed by atoms with E-state index in [1.54, 1.807) is 11.3 Å². The van der Waals surface area contributed by atoms with Crippen LogP contribution in [0.5, 0.6) is 11.5 Å². The lowest BCUT2D eigenvalue weighted by Gasteiger charge is -2.17. The zero-order valence-electron chi connectivity index (χ0n) is 15.2. The molecule has 0 saturated heterocycles. The Morgan fingerprint density at radius 2 is 2.10 bits per heavy atom. The normalized spacial score (nSPS) is 13.0. The van der Waals surface area contributed by atoms with Crippen molar-refractivity contribution in [2.24, 2.45) is 7.05 Å². The van der Waals surface area contributed by atoms with Crippen molar-refractivity contribution in [3.8, 4) is 22.2 Å². The Morgan fingerprint density at radius 1 is 1.28 bits per heavy atom. The molecule has 1 aliphatic rings. The molecule has 1 amide bonds. The highest BCUT2D eigenvalue weighted by Crippen LogP contribution is 2.38. The number of rotatable bonds is 5. The molecule has 0 fully saturated rings. The quantitative estimate of drug-likeness (QED) is 0.469. The largest absolute Gasteiger partial charge is 0.486 e. The second-order valence-electron chi connectivity index (χ2n) is 6.16. The van der Waals surface area contributed by atoms with Crippen LogP contribution in [0.1, 0.15) is 0 Å². The number of amides is 1. The van der Waals surface area contributed by atoms with Gasteiger partial charge >= 0.3 is 0 Å². The van der Waals surface area contributed by atoms with Crippen LogP contribution in [0.2, 0.25) is 0 Å². The van der Waals surface area contributed by atoms with Crippen molar-refractivity contribution >= 4 is 55.7 Å². The number of hydrogen-bond donors (Lipinski definition) is 1. The Kier molecular flexibility index (Phi) is 4.86. The third-order valence-electron chi connectivity index (χ3n) is 4.21. The van der Waals surface area contributed by atoms with Crippen molar-refractivity contribution in [2.45, 2.75) is 5.16 Å². The number of benzene rings is 1. The maximum absolute atomic E-state index is 12.4. The van der Waals surface area contributed by atoms with Gasteiger partial charge in [0.1, 0.15) is 13.2 Å². The van der Waals surface area contributed by atoms with Gasteiger partial charge in [-0.1, -0.05) is 29.2 Å². The molecule has 0 aliphatic carbocycles. The zero-order chi connectivity index (χ0) is 19.8. The van der Waals surface area contributed by atoms with Gasteiger partial charge in [-0.3, -0.25) is 4.79 Å². The standard InChI is InChI=1S/C18H15N5O3S3/c1-23-16(13-3-2-6-27-13)21-22-18(23)28-9-15(24)20-17-19-10-7-11-12(8-14(10)29-17)26-5-4-25-11/h2-3,6-8H,4-5,9H2,1H3,(H,19,20,24). The Balaban J connectivity index is 1.25. The van der Waals surface area contributed by atoms with E-state index in [2.05, 4.69) is 20.5 Å². The molecule has 0 atom stereocenters. The minimum Gasteiger partial charge on any atom is -0.486 e. The summed E-state index contributed by atoms with van der Waals surface area (Å²) in [7, 11) is 1.90. The van der Waals surface area contributed by atoms with E-state index in [0.29, 0.717) is 35.0 Å². The number of fused-ring (bicyclic) bond motifs is 2. The predicted molar refractivity (Wildman–Crippen MR) is 114 cm³/mol. The summed E-state index contributed by atoms with van der Waals surface area (Å²) < 4.78 is 14.0. The van der Waals surface area contributed by atoms with E-state index in [9.17, 15) is 4.79 Å². The van der Waals surface area contributed by atoms with Gasteiger partial charge in [-0.25, -0.2) is 4.98 Å². The number of ether oxygens (including phenoxy) is 2. The van der Waals surface area contributed by atoms with Gasteiger partial charge in [0.2, 0.25) is 5.91 Å². The summed E-state index contributed by atoms with van der Waals surface area (Å²) in [4.78, 5) is 17.9. The summed E-state index contributed by atoms with van der Waals surface area (Å²) >= 11 is 4.35. The summed E-state index contributed by atoms with van der Waals surface area (Å²) in [5.41, 5.74) is 0.774. The number of thiophene rings is 1. The fourth-order valence-corrected chi connectivity index (χ4v) is 5.21. The second-order valence-corrected chi connectivity index (χ2v) is 9.08. The molecule has 4 aromatic rings. The van der Waals surface area contributed by atoms with Gasteiger partial charge in [0.15, 0.2) is 27.6 Å². The molecule has 5 rings (SSSR count). The molecule has 0 radical (unpaired) electrons. The molecular formula is C18H15N5O3S3. The van der Waals surface area contributed by atoms with Crippen LogP contribution in [0, 0.1) is 0 Å². The number of nitrogens with one attached hydrogen (secondary N) is 1. The molecule has 0 spiro atoms. The number of carbonyl (C=O) groups is 1. The monoisotopic (exact) mass is 445 g/mol. The summed E-state index contributed by atoms with van der Waals surface area (Å²) in [6, 6.07) is 7.71. The maximum atomic E-state index is 12.4. The van der Waals surface area contributed by atoms with E-state index in [-0.39, 0.29) is 11.7 Å². The Hall–Kier alpha value is -2.63. The van der Waals surface area contributed by atoms with Crippen LogP contribution in [0.4, 0.5) is 5.13 Å². The topological polar surface area (TPSA) is 91.2 Å². The lowest BCUT2D eigenvalue weighted by Crippen LogP contribution is -2.15. The van der Waals surface area contributed by atoms with Gasteiger partial charge < -0.3 is 19.4 Å². The molecule has 1 aliphatic heterocycles. The van der Waals surface area contributed by atoms with Crippen LogP contribution in [-0.4, -0.2) is 44.6 Å². The first-order valence-electron chi connectivity index (χ1n) is 8.73. The first kappa shape index (κ1) is 18.4. The summed E-state index contributed by atoms with van der Waals surface area (Å²) in [5.74, 6) is 2.26. The highest BCUT2D eigenvalue weighted by atomic mass is 32.2. The van der Waals surface area contributed by atoms with Crippen molar-refractivity contribution in [3.63, 3.8) is 0 Å². The van der Waals surface area contributed by atoms with Crippen molar-refractivity contribution in [1.29, 1.82) is 0 Å². The van der Waals surface area contributed by atoms with Crippen molar-refractivity contribution < 1.29 is 14.3 Å². The molecule has 4 heterocycles. The SMILES string of the molecule is Cn1c(SCC(=O)Nc2nc3cc4c(cc3s2)OCCO4)nnc1-c1cccs1. The first-order valence-corrected chi connectivity index (χ1v) is 11.4. The highest BCUT2D eigenvalue weighted by molar-refractivity contribution is 7.99. The maximum Gasteiger partial charge on any atom is 0.236 e. The van der Waals surface area contributed by atoms with E-state index in [1.807, 2.05) is 41.3 Å². The van der Waals surface area contributed by atoms with E-state index < -0.39 is 0 Å². The Labute approximate surface area is 177 Å². The van der Waals surface area contributed by atoms with Crippen LogP contribution >= 0.6 is 34.4 Å². The number of thiazole rings is 1. The Morgan fingerprint density at radius 3 is 2.90 bits per heavy atom. The molecule has 8 nitrogen and oxygen atoms in total. The summed E-state index contributed by atoms with van der Waals surface area (Å²) in [6.07, 6.45) is 0. The average molecular weight is 446 g/mol. The summed E-state index contributed by atoms with van der Waals surface area (Å²) in [5, 5.41) is 14.5. The fraction of sp³-hybridized carbons (Fsp3) is 0.222. The zero-order valence-corrected chi connectivity index (χ0v) is 17.7. The van der Waals surface area contributed by atoms with Crippen LogP contribution in [0.15, 0.2) is 34.8 Å². The molecule has 0 saturated carbocycles. The third kappa shape index (κ3) is 3.68. The number of hydrogen-bond acceptors (Lipinski definition) is 9. The second kappa shape index (κ2) is 7.65. The minimum absolute atomic E-state index is 0.146. The number of carbonyl (C=O) groups excluding carboxylic acids is 1. The number of aromatic nitrogens is 4. The van der Waals surface area contributed by atoms with Crippen LogP contribution in [-0.2, 0) is 11.8 Å². The van der Waals surface area contributed by atoms with Gasteiger partial charge in [0.05, 0.1) is 20.8 Å². The molecule has 1 N–H and O–H groups in total. The minimum atomic E-state index is -0.146. The van der Waals surface area contributed by atoms with Gasteiger partial charge in [-0.05, 0) is 11.4 Å². The number of anilines is 1. The Bertz CT molecular complexity index is 1140.